The summed E-state index contributed by atoms with van der Waals surface area (Å²) < 4.78 is 0. The quantitative estimate of drug-likeness (QED) is 0.728. The SMILES string of the molecule is Cc1nc([C@@H]2CCN(C(=O)C3CCCCC3)C2)nc2c1CCC(=O)N2Cc1ccccc1. The number of aryl methyl sites for hydroxylation is 1. The van der Waals surface area contributed by atoms with Crippen molar-refractivity contribution in [1.82, 2.24) is 14.9 Å². The molecular weight excluding hydrogens is 400 g/mol. The molecule has 3 aliphatic rings. The number of hydrogen-bond acceptors (Lipinski definition) is 4. The van der Waals surface area contributed by atoms with Gasteiger partial charge in [0.05, 0.1) is 6.54 Å². The molecule has 1 saturated heterocycles. The van der Waals surface area contributed by atoms with Crippen LogP contribution in [0, 0.1) is 12.8 Å². The second kappa shape index (κ2) is 9.00. The summed E-state index contributed by atoms with van der Waals surface area (Å²) in [5, 5.41) is 0. The molecule has 6 heteroatoms. The first-order valence-corrected chi connectivity index (χ1v) is 12.1. The van der Waals surface area contributed by atoms with Gasteiger partial charge < -0.3 is 4.90 Å². The molecule has 1 saturated carbocycles. The van der Waals surface area contributed by atoms with Crippen molar-refractivity contribution < 1.29 is 9.59 Å². The summed E-state index contributed by atoms with van der Waals surface area (Å²) in [6, 6.07) is 10.1. The minimum atomic E-state index is 0.117. The topological polar surface area (TPSA) is 66.4 Å². The lowest BCUT2D eigenvalue weighted by molar-refractivity contribution is -0.135. The first kappa shape index (κ1) is 21.1. The van der Waals surface area contributed by atoms with Crippen LogP contribution in [-0.2, 0) is 22.6 Å². The van der Waals surface area contributed by atoms with Gasteiger partial charge in [-0.1, -0.05) is 49.6 Å². The summed E-state index contributed by atoms with van der Waals surface area (Å²) in [6.07, 6.45) is 7.75. The van der Waals surface area contributed by atoms with E-state index < -0.39 is 0 Å². The van der Waals surface area contributed by atoms with E-state index >= 15 is 0 Å². The lowest BCUT2D eigenvalue weighted by Gasteiger charge is -2.30. The molecule has 2 aliphatic heterocycles. The van der Waals surface area contributed by atoms with E-state index in [-0.39, 0.29) is 17.7 Å². The number of carbonyl (C=O) groups excluding carboxylic acids is 2. The van der Waals surface area contributed by atoms with Gasteiger partial charge in [0.2, 0.25) is 11.8 Å². The molecular formula is C26H32N4O2. The van der Waals surface area contributed by atoms with E-state index in [1.807, 2.05) is 47.1 Å². The predicted octanol–water partition coefficient (Wildman–Crippen LogP) is 4.16. The van der Waals surface area contributed by atoms with Gasteiger partial charge >= 0.3 is 0 Å². The van der Waals surface area contributed by atoms with Crippen molar-refractivity contribution in [2.75, 3.05) is 18.0 Å². The Morgan fingerprint density at radius 1 is 1.03 bits per heavy atom. The number of aromatic nitrogens is 2. The molecule has 2 fully saturated rings. The van der Waals surface area contributed by atoms with Gasteiger partial charge in [0.25, 0.3) is 0 Å². The number of amides is 2. The largest absolute Gasteiger partial charge is 0.342 e. The fourth-order valence-corrected chi connectivity index (χ4v) is 5.49. The monoisotopic (exact) mass is 432 g/mol. The van der Waals surface area contributed by atoms with Crippen LogP contribution >= 0.6 is 0 Å². The molecule has 2 amide bonds. The summed E-state index contributed by atoms with van der Waals surface area (Å²) in [7, 11) is 0. The smallest absolute Gasteiger partial charge is 0.228 e. The van der Waals surface area contributed by atoms with Gasteiger partial charge in [-0.15, -0.1) is 0 Å². The first-order valence-electron chi connectivity index (χ1n) is 12.1. The minimum absolute atomic E-state index is 0.117. The fraction of sp³-hybridized carbons (Fsp3) is 0.538. The molecule has 1 aliphatic carbocycles. The second-order valence-electron chi connectivity index (χ2n) is 9.54. The Morgan fingerprint density at radius 3 is 2.59 bits per heavy atom. The molecule has 3 heterocycles. The zero-order valence-electron chi connectivity index (χ0n) is 18.9. The number of anilines is 1. The van der Waals surface area contributed by atoms with E-state index in [1.165, 1.54) is 19.3 Å². The zero-order valence-corrected chi connectivity index (χ0v) is 18.9. The average molecular weight is 433 g/mol. The van der Waals surface area contributed by atoms with Crippen molar-refractivity contribution >= 4 is 17.6 Å². The van der Waals surface area contributed by atoms with E-state index in [9.17, 15) is 9.59 Å². The standard InChI is InChI=1S/C26H32N4O2/c1-18-22-12-13-23(31)30(16-19-8-4-2-5-9-19)25(22)28-24(27-18)21-14-15-29(17-21)26(32)20-10-6-3-7-11-20/h2,4-5,8-9,20-21H,3,6-7,10-17H2,1H3/t21-/m1/s1. The van der Waals surface area contributed by atoms with Crippen molar-refractivity contribution in [2.45, 2.75) is 70.8 Å². The number of carbonyl (C=O) groups is 2. The molecule has 0 N–H and O–H groups in total. The van der Waals surface area contributed by atoms with Crippen LogP contribution in [0.15, 0.2) is 30.3 Å². The Kier molecular flexibility index (Phi) is 5.94. The number of benzene rings is 1. The molecule has 1 atom stereocenters. The normalized spacial score (nSPS) is 21.7. The van der Waals surface area contributed by atoms with Gasteiger partial charge in [-0.2, -0.15) is 0 Å². The highest BCUT2D eigenvalue weighted by molar-refractivity contribution is 5.95. The highest BCUT2D eigenvalue weighted by atomic mass is 16.2. The predicted molar refractivity (Wildman–Crippen MR) is 123 cm³/mol. The molecule has 0 unspecified atom stereocenters. The van der Waals surface area contributed by atoms with Gasteiger partial charge in [0.1, 0.15) is 11.6 Å². The summed E-state index contributed by atoms with van der Waals surface area (Å²) in [5.74, 6) is 2.33. The summed E-state index contributed by atoms with van der Waals surface area (Å²) in [6.45, 7) is 4.03. The minimum Gasteiger partial charge on any atom is -0.342 e. The first-order chi connectivity index (χ1) is 15.6. The molecule has 32 heavy (non-hydrogen) atoms. The Hall–Kier alpha value is -2.76. The maximum Gasteiger partial charge on any atom is 0.228 e. The molecule has 1 aromatic heterocycles. The van der Waals surface area contributed by atoms with E-state index in [0.717, 1.165) is 54.3 Å². The molecule has 5 rings (SSSR count). The molecule has 168 valence electrons. The zero-order chi connectivity index (χ0) is 22.1. The van der Waals surface area contributed by atoms with E-state index in [4.69, 9.17) is 9.97 Å². The number of rotatable bonds is 4. The van der Waals surface area contributed by atoms with Crippen LogP contribution in [0.25, 0.3) is 0 Å². The van der Waals surface area contributed by atoms with Crippen LogP contribution in [0.3, 0.4) is 0 Å². The van der Waals surface area contributed by atoms with Crippen molar-refractivity contribution in [2.24, 2.45) is 5.92 Å². The van der Waals surface area contributed by atoms with Crippen LogP contribution in [0.1, 0.15) is 73.5 Å². The van der Waals surface area contributed by atoms with Crippen molar-refractivity contribution in [3.63, 3.8) is 0 Å². The maximum atomic E-state index is 13.0. The van der Waals surface area contributed by atoms with Gasteiger partial charge in [-0.05, 0) is 38.2 Å². The summed E-state index contributed by atoms with van der Waals surface area (Å²) >= 11 is 0. The van der Waals surface area contributed by atoms with Crippen LogP contribution in [0.5, 0.6) is 0 Å². The van der Waals surface area contributed by atoms with Crippen LogP contribution in [-0.4, -0.2) is 39.8 Å². The average Bonchev–Trinajstić information content (AvgIpc) is 3.32. The third-order valence-corrected chi connectivity index (χ3v) is 7.36. The third-order valence-electron chi connectivity index (χ3n) is 7.36. The number of likely N-dealkylation sites (tertiary alicyclic amines) is 1. The van der Waals surface area contributed by atoms with Gasteiger partial charge in [-0.25, -0.2) is 9.97 Å². The second-order valence-corrected chi connectivity index (χ2v) is 9.54. The third kappa shape index (κ3) is 4.15. The van der Waals surface area contributed by atoms with Crippen LogP contribution < -0.4 is 4.90 Å². The van der Waals surface area contributed by atoms with E-state index in [2.05, 4.69) is 0 Å². The molecule has 0 spiro atoms. The Morgan fingerprint density at radius 2 is 1.81 bits per heavy atom. The Bertz CT molecular complexity index is 1000. The fourth-order valence-electron chi connectivity index (χ4n) is 5.49. The van der Waals surface area contributed by atoms with Gasteiger partial charge in [0.15, 0.2) is 0 Å². The van der Waals surface area contributed by atoms with Crippen molar-refractivity contribution in [3.05, 3.63) is 53.0 Å². The summed E-state index contributed by atoms with van der Waals surface area (Å²) in [4.78, 5) is 39.5. The molecule has 6 nitrogen and oxygen atoms in total. The highest BCUT2D eigenvalue weighted by Gasteiger charge is 2.35. The van der Waals surface area contributed by atoms with Crippen molar-refractivity contribution in [1.29, 1.82) is 0 Å². The highest BCUT2D eigenvalue weighted by Crippen LogP contribution is 2.34. The van der Waals surface area contributed by atoms with Crippen LogP contribution in [0.4, 0.5) is 5.82 Å². The maximum absolute atomic E-state index is 13.0. The lowest BCUT2D eigenvalue weighted by Crippen LogP contribution is -2.37. The Labute approximate surface area is 190 Å². The molecule has 1 aromatic carbocycles. The van der Waals surface area contributed by atoms with E-state index in [1.54, 1.807) is 0 Å². The van der Waals surface area contributed by atoms with Gasteiger partial charge in [-0.3, -0.25) is 14.5 Å². The van der Waals surface area contributed by atoms with Gasteiger partial charge in [0, 0.05) is 42.6 Å². The molecule has 2 aromatic rings. The number of hydrogen-bond donors (Lipinski definition) is 0. The number of nitrogens with zero attached hydrogens (tertiary/aromatic N) is 4. The number of fused-ring (bicyclic) bond motifs is 1. The van der Waals surface area contributed by atoms with E-state index in [0.29, 0.717) is 31.8 Å². The molecule has 0 radical (unpaired) electrons. The summed E-state index contributed by atoms with van der Waals surface area (Å²) in [5.41, 5.74) is 3.14. The van der Waals surface area contributed by atoms with Crippen LogP contribution in [0.2, 0.25) is 0 Å². The Balaban J connectivity index is 1.37. The lowest BCUT2D eigenvalue weighted by atomic mass is 9.88. The molecule has 0 bridgehead atoms. The van der Waals surface area contributed by atoms with Crippen molar-refractivity contribution in [3.8, 4) is 0 Å².